The van der Waals surface area contributed by atoms with E-state index >= 15 is 0 Å². The summed E-state index contributed by atoms with van der Waals surface area (Å²) in [5, 5.41) is 0.387. The lowest BCUT2D eigenvalue weighted by Gasteiger charge is -2.14. The number of carbonyl (C=O) groups excluding carboxylic acids is 1. The topological polar surface area (TPSA) is 52.0 Å². The number of hydrogen-bond acceptors (Lipinski definition) is 3. The van der Waals surface area contributed by atoms with Gasteiger partial charge < -0.3 is 4.57 Å². The van der Waals surface area contributed by atoms with Crippen molar-refractivity contribution < 1.29 is 9.18 Å². The number of ketones is 1. The van der Waals surface area contributed by atoms with Gasteiger partial charge in [0.2, 0.25) is 5.43 Å². The van der Waals surface area contributed by atoms with Gasteiger partial charge in [-0.05, 0) is 56.2 Å². The van der Waals surface area contributed by atoms with Crippen LogP contribution < -0.4 is 5.43 Å². The molecule has 0 fully saturated rings. The van der Waals surface area contributed by atoms with Crippen LogP contribution in [0, 0.1) is 26.6 Å². The van der Waals surface area contributed by atoms with E-state index in [4.69, 9.17) is 0 Å². The SMILES string of the molecule is Cc1ccc(C(=O)c2cn(Cc3ccc(F)cc3)c3nc(C)ccc3c2=O)c(C)c1. The number of rotatable bonds is 4. The third-order valence-corrected chi connectivity index (χ3v) is 5.20. The molecule has 0 aliphatic carbocycles. The number of aryl methyl sites for hydroxylation is 3. The molecular weight excluding hydrogens is 379 g/mol. The normalized spacial score (nSPS) is 11.1. The lowest BCUT2D eigenvalue weighted by Crippen LogP contribution is -2.21. The van der Waals surface area contributed by atoms with Crippen LogP contribution in [0.25, 0.3) is 11.0 Å². The average molecular weight is 400 g/mol. The zero-order valence-electron chi connectivity index (χ0n) is 17.1. The summed E-state index contributed by atoms with van der Waals surface area (Å²) in [5.41, 5.74) is 4.26. The molecular formula is C25H21FN2O2. The van der Waals surface area contributed by atoms with Gasteiger partial charge in [0.05, 0.1) is 10.9 Å². The van der Waals surface area contributed by atoms with Crippen LogP contribution in [0.1, 0.15) is 38.3 Å². The van der Waals surface area contributed by atoms with Crippen LogP contribution in [-0.4, -0.2) is 15.3 Å². The summed E-state index contributed by atoms with van der Waals surface area (Å²) < 4.78 is 15.1. The quantitative estimate of drug-likeness (QED) is 0.465. The van der Waals surface area contributed by atoms with Gasteiger partial charge in [0.1, 0.15) is 11.5 Å². The molecule has 0 aliphatic rings. The molecule has 0 amide bonds. The summed E-state index contributed by atoms with van der Waals surface area (Å²) in [6.07, 6.45) is 1.57. The highest BCUT2D eigenvalue weighted by atomic mass is 19.1. The van der Waals surface area contributed by atoms with Gasteiger partial charge in [-0.3, -0.25) is 9.59 Å². The Kier molecular flexibility index (Phi) is 5.04. The monoisotopic (exact) mass is 400 g/mol. The largest absolute Gasteiger partial charge is 0.327 e. The summed E-state index contributed by atoms with van der Waals surface area (Å²) in [6.45, 7) is 6.03. The summed E-state index contributed by atoms with van der Waals surface area (Å²) in [5.74, 6) is -0.629. The molecule has 5 heteroatoms. The highest BCUT2D eigenvalue weighted by Gasteiger charge is 2.19. The van der Waals surface area contributed by atoms with Crippen molar-refractivity contribution in [2.45, 2.75) is 27.3 Å². The number of hydrogen-bond donors (Lipinski definition) is 0. The van der Waals surface area contributed by atoms with E-state index in [9.17, 15) is 14.0 Å². The summed E-state index contributed by atoms with van der Waals surface area (Å²) in [4.78, 5) is 31.0. The van der Waals surface area contributed by atoms with Crippen LogP contribution in [0.3, 0.4) is 0 Å². The Balaban J connectivity index is 1.91. The van der Waals surface area contributed by atoms with E-state index in [1.165, 1.54) is 12.1 Å². The summed E-state index contributed by atoms with van der Waals surface area (Å²) in [7, 11) is 0. The lowest BCUT2D eigenvalue weighted by molar-refractivity contribution is 0.103. The minimum atomic E-state index is -0.335. The highest BCUT2D eigenvalue weighted by molar-refractivity contribution is 6.10. The first-order valence-electron chi connectivity index (χ1n) is 9.70. The average Bonchev–Trinajstić information content (AvgIpc) is 2.71. The van der Waals surface area contributed by atoms with Crippen molar-refractivity contribution in [2.24, 2.45) is 0 Å². The molecule has 0 spiro atoms. The first-order chi connectivity index (χ1) is 14.3. The molecule has 2 aromatic carbocycles. The summed E-state index contributed by atoms with van der Waals surface area (Å²) in [6, 6.07) is 15.2. The zero-order valence-corrected chi connectivity index (χ0v) is 17.1. The fourth-order valence-corrected chi connectivity index (χ4v) is 3.64. The number of carbonyl (C=O) groups is 1. The van der Waals surface area contributed by atoms with Gasteiger partial charge in [0.25, 0.3) is 0 Å². The molecule has 4 aromatic rings. The fraction of sp³-hybridized carbons (Fsp3) is 0.160. The Bertz CT molecular complexity index is 1340. The first-order valence-corrected chi connectivity index (χ1v) is 9.70. The van der Waals surface area contributed by atoms with Crippen molar-refractivity contribution in [1.29, 1.82) is 0 Å². The molecule has 150 valence electrons. The second-order valence-corrected chi connectivity index (χ2v) is 7.60. The zero-order chi connectivity index (χ0) is 21.4. The third kappa shape index (κ3) is 3.66. The molecule has 0 saturated heterocycles. The van der Waals surface area contributed by atoms with Gasteiger partial charge in [-0.25, -0.2) is 9.37 Å². The predicted molar refractivity (Wildman–Crippen MR) is 116 cm³/mol. The van der Waals surface area contributed by atoms with E-state index in [1.807, 2.05) is 32.9 Å². The Labute approximate surface area is 173 Å². The van der Waals surface area contributed by atoms with Gasteiger partial charge in [-0.1, -0.05) is 35.9 Å². The Hall–Kier alpha value is -3.60. The number of aromatic nitrogens is 2. The van der Waals surface area contributed by atoms with Gasteiger partial charge in [0.15, 0.2) is 5.78 Å². The molecule has 0 saturated carbocycles. The van der Waals surface area contributed by atoms with E-state index in [1.54, 1.807) is 41.1 Å². The fourth-order valence-electron chi connectivity index (χ4n) is 3.64. The highest BCUT2D eigenvalue weighted by Crippen LogP contribution is 2.18. The first kappa shape index (κ1) is 19.7. The Morgan fingerprint density at radius 1 is 0.967 bits per heavy atom. The van der Waals surface area contributed by atoms with Crippen LogP contribution in [0.4, 0.5) is 4.39 Å². The van der Waals surface area contributed by atoms with E-state index in [2.05, 4.69) is 4.98 Å². The molecule has 2 aromatic heterocycles. The van der Waals surface area contributed by atoms with Gasteiger partial charge >= 0.3 is 0 Å². The van der Waals surface area contributed by atoms with Crippen molar-refractivity contribution >= 4 is 16.8 Å². The van der Waals surface area contributed by atoms with Crippen LogP contribution >= 0.6 is 0 Å². The van der Waals surface area contributed by atoms with E-state index in [-0.39, 0.29) is 22.6 Å². The van der Waals surface area contributed by atoms with Crippen LogP contribution in [0.15, 0.2) is 65.6 Å². The molecule has 30 heavy (non-hydrogen) atoms. The molecule has 0 bridgehead atoms. The lowest BCUT2D eigenvalue weighted by atomic mass is 9.97. The van der Waals surface area contributed by atoms with Crippen LogP contribution in [0.2, 0.25) is 0 Å². The van der Waals surface area contributed by atoms with Crippen molar-refractivity contribution in [3.05, 3.63) is 110 Å². The van der Waals surface area contributed by atoms with Crippen molar-refractivity contribution in [2.75, 3.05) is 0 Å². The molecule has 0 unspecified atom stereocenters. The number of pyridine rings is 2. The summed E-state index contributed by atoms with van der Waals surface area (Å²) >= 11 is 0. The van der Waals surface area contributed by atoms with E-state index in [0.717, 1.165) is 22.4 Å². The maximum atomic E-state index is 13.3. The Morgan fingerprint density at radius 2 is 1.70 bits per heavy atom. The maximum Gasteiger partial charge on any atom is 0.202 e. The van der Waals surface area contributed by atoms with Gasteiger partial charge in [0, 0.05) is 24.0 Å². The van der Waals surface area contributed by atoms with Crippen LogP contribution in [0.5, 0.6) is 0 Å². The molecule has 4 nitrogen and oxygen atoms in total. The molecule has 0 radical (unpaired) electrons. The van der Waals surface area contributed by atoms with Crippen molar-refractivity contribution in [1.82, 2.24) is 9.55 Å². The maximum absolute atomic E-state index is 13.3. The number of nitrogens with zero attached hydrogens (tertiary/aromatic N) is 2. The van der Waals surface area contributed by atoms with Crippen LogP contribution in [-0.2, 0) is 6.54 Å². The second-order valence-electron chi connectivity index (χ2n) is 7.60. The van der Waals surface area contributed by atoms with Gasteiger partial charge in [-0.2, -0.15) is 0 Å². The number of benzene rings is 2. The number of fused-ring (bicyclic) bond motifs is 1. The second kappa shape index (κ2) is 7.67. The molecule has 0 N–H and O–H groups in total. The molecule has 2 heterocycles. The van der Waals surface area contributed by atoms with E-state index < -0.39 is 0 Å². The molecule has 4 rings (SSSR count). The predicted octanol–water partition coefficient (Wildman–Crippen LogP) is 4.74. The molecule has 0 aliphatic heterocycles. The van der Waals surface area contributed by atoms with Crippen molar-refractivity contribution in [3.8, 4) is 0 Å². The Morgan fingerprint density at radius 3 is 2.40 bits per heavy atom. The minimum absolute atomic E-state index is 0.0993. The van der Waals surface area contributed by atoms with Gasteiger partial charge in [-0.15, -0.1) is 0 Å². The number of halogens is 1. The van der Waals surface area contributed by atoms with E-state index in [0.29, 0.717) is 23.1 Å². The minimum Gasteiger partial charge on any atom is -0.327 e. The smallest absolute Gasteiger partial charge is 0.202 e. The molecule has 0 atom stereocenters. The third-order valence-electron chi connectivity index (χ3n) is 5.20. The van der Waals surface area contributed by atoms with Crippen molar-refractivity contribution in [3.63, 3.8) is 0 Å². The standard InChI is InChI=1S/C25H21FN2O2/c1-15-4-10-20(16(2)12-15)23(29)22-14-28(13-18-6-8-19(26)9-7-18)25-21(24(22)30)11-5-17(3)27-25/h4-12,14H,13H2,1-3H3.